The van der Waals surface area contributed by atoms with Gasteiger partial charge in [0.1, 0.15) is 12.4 Å². The van der Waals surface area contributed by atoms with E-state index in [4.69, 9.17) is 9.47 Å². The average molecular weight is 259 g/mol. The molecule has 1 aromatic rings. The molecule has 0 bridgehead atoms. The van der Waals surface area contributed by atoms with Crippen LogP contribution in [0.3, 0.4) is 0 Å². The number of halogens is 1. The number of ether oxygens (including phenoxy) is 2. The molecule has 0 fully saturated rings. The monoisotopic (exact) mass is 258 g/mol. The lowest BCUT2D eigenvalue weighted by atomic mass is 10.2. The van der Waals surface area contributed by atoms with Crippen LogP contribution in [0.4, 0.5) is 0 Å². The van der Waals surface area contributed by atoms with E-state index in [0.29, 0.717) is 13.2 Å². The predicted octanol–water partition coefficient (Wildman–Crippen LogP) is 2.65. The lowest BCUT2D eigenvalue weighted by Gasteiger charge is -2.06. The molecule has 0 aromatic heterocycles. The summed E-state index contributed by atoms with van der Waals surface area (Å²) in [7, 11) is 1.67. The first-order valence-corrected chi connectivity index (χ1v) is 5.75. The summed E-state index contributed by atoms with van der Waals surface area (Å²) in [6.45, 7) is 1.23. The number of rotatable bonds is 6. The predicted molar refractivity (Wildman–Crippen MR) is 61.3 cm³/mol. The summed E-state index contributed by atoms with van der Waals surface area (Å²) in [6, 6.07) is 8.15. The lowest BCUT2D eigenvalue weighted by Crippen LogP contribution is -2.04. The molecule has 0 aliphatic carbocycles. The molecule has 0 aliphatic rings. The minimum atomic E-state index is 0.605. The van der Waals surface area contributed by atoms with Gasteiger partial charge in [0, 0.05) is 12.4 Å². The van der Waals surface area contributed by atoms with Gasteiger partial charge in [0.05, 0.1) is 6.61 Å². The Bertz CT molecular complexity index is 263. The van der Waals surface area contributed by atoms with E-state index in [-0.39, 0.29) is 0 Å². The Hall–Kier alpha value is -0.540. The summed E-state index contributed by atoms with van der Waals surface area (Å²) in [4.78, 5) is 0. The number of hydrogen-bond donors (Lipinski definition) is 0. The summed E-state index contributed by atoms with van der Waals surface area (Å²) in [6.07, 6.45) is 1.03. The lowest BCUT2D eigenvalue weighted by molar-refractivity contribution is 0.146. The van der Waals surface area contributed by atoms with Crippen molar-refractivity contribution in [1.82, 2.24) is 0 Å². The molecule has 1 aromatic carbocycles. The smallest absolute Gasteiger partial charge is 0.119 e. The van der Waals surface area contributed by atoms with Crippen LogP contribution in [-0.2, 0) is 11.2 Å². The van der Waals surface area contributed by atoms with Crippen LogP contribution < -0.4 is 4.74 Å². The van der Waals surface area contributed by atoms with Crippen LogP contribution in [-0.4, -0.2) is 25.7 Å². The Morgan fingerprint density at radius 3 is 2.86 bits per heavy atom. The van der Waals surface area contributed by atoms with Gasteiger partial charge in [-0.05, 0) is 24.1 Å². The van der Waals surface area contributed by atoms with E-state index >= 15 is 0 Å². The van der Waals surface area contributed by atoms with Crippen LogP contribution in [0.2, 0.25) is 0 Å². The number of methoxy groups -OCH3 is 1. The molecule has 14 heavy (non-hydrogen) atoms. The first-order chi connectivity index (χ1) is 6.86. The van der Waals surface area contributed by atoms with E-state index in [0.717, 1.165) is 17.5 Å². The fraction of sp³-hybridized carbons (Fsp3) is 0.455. The summed E-state index contributed by atoms with van der Waals surface area (Å²) in [5, 5.41) is 0.981. The maximum Gasteiger partial charge on any atom is 0.119 e. The molecule has 0 N–H and O–H groups in total. The van der Waals surface area contributed by atoms with Gasteiger partial charge < -0.3 is 9.47 Å². The third-order valence-electron chi connectivity index (χ3n) is 1.84. The number of aryl methyl sites for hydroxylation is 1. The van der Waals surface area contributed by atoms with Gasteiger partial charge in [-0.25, -0.2) is 0 Å². The molecular weight excluding hydrogens is 244 g/mol. The molecule has 0 aliphatic heterocycles. The van der Waals surface area contributed by atoms with Crippen molar-refractivity contribution < 1.29 is 9.47 Å². The SMILES string of the molecule is COCCOc1cccc(CCBr)c1. The van der Waals surface area contributed by atoms with Crippen LogP contribution in [0.15, 0.2) is 24.3 Å². The van der Waals surface area contributed by atoms with Gasteiger partial charge in [-0.1, -0.05) is 28.1 Å². The van der Waals surface area contributed by atoms with Gasteiger partial charge in [-0.2, -0.15) is 0 Å². The highest BCUT2D eigenvalue weighted by Crippen LogP contribution is 2.14. The quantitative estimate of drug-likeness (QED) is 0.577. The molecule has 0 heterocycles. The second-order valence-electron chi connectivity index (χ2n) is 2.93. The Balaban J connectivity index is 2.46. The highest BCUT2D eigenvalue weighted by atomic mass is 79.9. The van der Waals surface area contributed by atoms with Crippen LogP contribution in [0.5, 0.6) is 5.75 Å². The average Bonchev–Trinajstić information content (AvgIpc) is 2.19. The normalized spacial score (nSPS) is 10.1. The van der Waals surface area contributed by atoms with Crippen LogP contribution in [0, 0.1) is 0 Å². The van der Waals surface area contributed by atoms with E-state index in [2.05, 4.69) is 28.1 Å². The van der Waals surface area contributed by atoms with Crippen molar-refractivity contribution in [2.45, 2.75) is 6.42 Å². The highest BCUT2D eigenvalue weighted by Gasteiger charge is 1.96. The molecule has 0 spiro atoms. The maximum atomic E-state index is 5.49. The molecule has 1 rings (SSSR count). The van der Waals surface area contributed by atoms with Crippen molar-refractivity contribution in [3.63, 3.8) is 0 Å². The van der Waals surface area contributed by atoms with Crippen LogP contribution >= 0.6 is 15.9 Å². The highest BCUT2D eigenvalue weighted by molar-refractivity contribution is 9.09. The standard InChI is InChI=1S/C11H15BrO2/c1-13-7-8-14-11-4-2-3-10(9-11)5-6-12/h2-4,9H,5-8H2,1H3. The zero-order chi connectivity index (χ0) is 10.2. The summed E-state index contributed by atoms with van der Waals surface area (Å²) in [5.74, 6) is 0.917. The van der Waals surface area contributed by atoms with E-state index < -0.39 is 0 Å². The number of alkyl halides is 1. The van der Waals surface area contributed by atoms with Gasteiger partial charge >= 0.3 is 0 Å². The Morgan fingerprint density at radius 2 is 2.14 bits per heavy atom. The second kappa shape index (κ2) is 6.85. The molecule has 0 radical (unpaired) electrons. The molecule has 0 amide bonds. The molecule has 2 nitrogen and oxygen atoms in total. The van der Waals surface area contributed by atoms with Gasteiger partial charge in [0.15, 0.2) is 0 Å². The second-order valence-corrected chi connectivity index (χ2v) is 3.72. The fourth-order valence-electron chi connectivity index (χ4n) is 1.14. The molecule has 0 saturated carbocycles. The summed E-state index contributed by atoms with van der Waals surface area (Å²) >= 11 is 3.41. The Labute approximate surface area is 93.4 Å². The summed E-state index contributed by atoms with van der Waals surface area (Å²) in [5.41, 5.74) is 1.29. The number of hydrogen-bond acceptors (Lipinski definition) is 2. The van der Waals surface area contributed by atoms with E-state index in [1.165, 1.54) is 5.56 Å². The fourth-order valence-corrected chi connectivity index (χ4v) is 1.60. The van der Waals surface area contributed by atoms with Crippen molar-refractivity contribution in [2.75, 3.05) is 25.7 Å². The zero-order valence-electron chi connectivity index (χ0n) is 8.33. The van der Waals surface area contributed by atoms with E-state index in [9.17, 15) is 0 Å². The Morgan fingerprint density at radius 1 is 1.29 bits per heavy atom. The molecule has 0 saturated heterocycles. The topological polar surface area (TPSA) is 18.5 Å². The number of benzene rings is 1. The Kier molecular flexibility index (Phi) is 5.64. The molecule has 0 unspecified atom stereocenters. The van der Waals surface area contributed by atoms with Gasteiger partial charge in [-0.3, -0.25) is 0 Å². The first kappa shape index (κ1) is 11.5. The van der Waals surface area contributed by atoms with Gasteiger partial charge in [-0.15, -0.1) is 0 Å². The van der Waals surface area contributed by atoms with Crippen LogP contribution in [0.1, 0.15) is 5.56 Å². The molecule has 0 atom stereocenters. The van der Waals surface area contributed by atoms with E-state index in [1.54, 1.807) is 7.11 Å². The van der Waals surface area contributed by atoms with Crippen LogP contribution in [0.25, 0.3) is 0 Å². The van der Waals surface area contributed by atoms with Gasteiger partial charge in [0.25, 0.3) is 0 Å². The third kappa shape index (κ3) is 4.11. The van der Waals surface area contributed by atoms with Crippen molar-refractivity contribution in [1.29, 1.82) is 0 Å². The molecule has 3 heteroatoms. The summed E-state index contributed by atoms with van der Waals surface area (Å²) < 4.78 is 10.4. The maximum absolute atomic E-state index is 5.49. The van der Waals surface area contributed by atoms with E-state index in [1.807, 2.05) is 12.1 Å². The van der Waals surface area contributed by atoms with Gasteiger partial charge in [0.2, 0.25) is 0 Å². The minimum Gasteiger partial charge on any atom is -0.491 e. The van der Waals surface area contributed by atoms with Crippen molar-refractivity contribution >= 4 is 15.9 Å². The molecular formula is C11H15BrO2. The van der Waals surface area contributed by atoms with Crippen molar-refractivity contribution in [3.05, 3.63) is 29.8 Å². The third-order valence-corrected chi connectivity index (χ3v) is 2.23. The van der Waals surface area contributed by atoms with Crippen molar-refractivity contribution in [2.24, 2.45) is 0 Å². The zero-order valence-corrected chi connectivity index (χ0v) is 9.92. The largest absolute Gasteiger partial charge is 0.491 e. The molecule has 78 valence electrons. The van der Waals surface area contributed by atoms with Crippen molar-refractivity contribution in [3.8, 4) is 5.75 Å². The first-order valence-electron chi connectivity index (χ1n) is 4.63. The minimum absolute atomic E-state index is 0.605.